The third-order valence-corrected chi connectivity index (χ3v) is 5.00. The van der Waals surface area contributed by atoms with Crippen LogP contribution in [-0.4, -0.2) is 37.2 Å². The van der Waals surface area contributed by atoms with Gasteiger partial charge in [0.2, 0.25) is 5.91 Å². The van der Waals surface area contributed by atoms with Gasteiger partial charge in [-0.2, -0.15) is 0 Å². The largest absolute Gasteiger partial charge is 0.378 e. The third-order valence-electron chi connectivity index (χ3n) is 4.06. The molecule has 0 aliphatic carbocycles. The average molecular weight is 345 g/mol. The van der Waals surface area contributed by atoms with Crippen molar-refractivity contribution in [3.8, 4) is 0 Å². The number of amides is 1. The lowest BCUT2D eigenvalue weighted by Gasteiger charge is -2.29. The molecule has 1 aliphatic heterocycles. The van der Waals surface area contributed by atoms with Gasteiger partial charge in [-0.1, -0.05) is 12.1 Å². The highest BCUT2D eigenvalue weighted by molar-refractivity contribution is 7.09. The molecule has 3 heterocycles. The van der Waals surface area contributed by atoms with Crippen molar-refractivity contribution in [2.24, 2.45) is 0 Å². The number of aryl methyl sites for hydroxylation is 1. The van der Waals surface area contributed by atoms with E-state index >= 15 is 0 Å². The fourth-order valence-corrected chi connectivity index (χ4v) is 3.54. The van der Waals surface area contributed by atoms with Gasteiger partial charge in [0.25, 0.3) is 0 Å². The van der Waals surface area contributed by atoms with Crippen molar-refractivity contribution >= 4 is 23.1 Å². The lowest BCUT2D eigenvalue weighted by Crippen LogP contribution is -2.37. The van der Waals surface area contributed by atoms with E-state index in [0.717, 1.165) is 50.5 Å². The van der Waals surface area contributed by atoms with Gasteiger partial charge in [-0.25, -0.2) is 4.98 Å². The van der Waals surface area contributed by atoms with Gasteiger partial charge >= 0.3 is 0 Å². The summed E-state index contributed by atoms with van der Waals surface area (Å²) >= 11 is 1.75. The highest BCUT2D eigenvalue weighted by atomic mass is 32.1. The van der Waals surface area contributed by atoms with E-state index in [4.69, 9.17) is 4.74 Å². The molecule has 2 aromatic rings. The Hall–Kier alpha value is -1.92. The van der Waals surface area contributed by atoms with Gasteiger partial charge in [0.05, 0.1) is 13.2 Å². The highest BCUT2D eigenvalue weighted by Gasteiger charge is 2.16. The van der Waals surface area contributed by atoms with Gasteiger partial charge < -0.3 is 15.0 Å². The van der Waals surface area contributed by atoms with Gasteiger partial charge in [-0.3, -0.25) is 4.79 Å². The normalized spacial score (nSPS) is 14.6. The Balaban J connectivity index is 1.48. The van der Waals surface area contributed by atoms with Crippen LogP contribution in [0.5, 0.6) is 0 Å². The van der Waals surface area contributed by atoms with Gasteiger partial charge in [-0.05, 0) is 30.4 Å². The number of nitrogens with zero attached hydrogens (tertiary/aromatic N) is 2. The lowest BCUT2D eigenvalue weighted by molar-refractivity contribution is -0.121. The number of rotatable bonds is 7. The van der Waals surface area contributed by atoms with Gasteiger partial charge in [-0.15, -0.1) is 11.3 Å². The number of thiophene rings is 1. The maximum Gasteiger partial charge on any atom is 0.220 e. The van der Waals surface area contributed by atoms with Crippen LogP contribution in [0.3, 0.4) is 0 Å². The zero-order valence-electron chi connectivity index (χ0n) is 13.7. The molecule has 0 saturated carbocycles. The highest BCUT2D eigenvalue weighted by Crippen LogP contribution is 2.18. The second-order valence-corrected chi connectivity index (χ2v) is 6.83. The summed E-state index contributed by atoms with van der Waals surface area (Å²) in [5, 5.41) is 5.10. The fraction of sp³-hybridized carbons (Fsp3) is 0.444. The number of pyridine rings is 1. The number of anilines is 1. The molecule has 0 bridgehead atoms. The maximum atomic E-state index is 12.1. The van der Waals surface area contributed by atoms with Crippen molar-refractivity contribution in [1.29, 1.82) is 0 Å². The molecule has 0 aromatic carbocycles. The predicted molar refractivity (Wildman–Crippen MR) is 96.4 cm³/mol. The lowest BCUT2D eigenvalue weighted by atomic mass is 10.2. The van der Waals surface area contributed by atoms with Crippen molar-refractivity contribution in [2.45, 2.75) is 25.8 Å². The Morgan fingerprint density at radius 3 is 2.96 bits per heavy atom. The zero-order valence-corrected chi connectivity index (χ0v) is 14.6. The standard InChI is InChI=1S/C18H23N3O2S/c22-17(7-1-5-16-6-3-13-24-16)20-14-15-4-2-8-19-18(15)21-9-11-23-12-10-21/h2-4,6,8,13H,1,5,7,9-12,14H2,(H,20,22). The van der Waals surface area contributed by atoms with E-state index < -0.39 is 0 Å². The van der Waals surface area contributed by atoms with Crippen LogP contribution < -0.4 is 10.2 Å². The van der Waals surface area contributed by atoms with Gasteiger partial charge in [0.15, 0.2) is 0 Å². The SMILES string of the molecule is O=C(CCCc1cccs1)NCc1cccnc1N1CCOCC1. The number of hydrogen-bond donors (Lipinski definition) is 1. The Labute approximate surface area is 146 Å². The number of carbonyl (C=O) groups excluding carboxylic acids is 1. The molecule has 1 aliphatic rings. The van der Waals surface area contributed by atoms with Crippen LogP contribution in [-0.2, 0) is 22.5 Å². The molecule has 0 unspecified atom stereocenters. The second kappa shape index (κ2) is 8.80. The molecule has 1 fully saturated rings. The summed E-state index contributed by atoms with van der Waals surface area (Å²) in [5.74, 6) is 1.06. The van der Waals surface area contributed by atoms with Crippen LogP contribution in [0.4, 0.5) is 5.82 Å². The smallest absolute Gasteiger partial charge is 0.220 e. The van der Waals surface area contributed by atoms with Crippen LogP contribution >= 0.6 is 11.3 Å². The van der Waals surface area contributed by atoms with Crippen molar-refractivity contribution in [1.82, 2.24) is 10.3 Å². The molecule has 5 nitrogen and oxygen atoms in total. The van der Waals surface area contributed by atoms with Gasteiger partial charge in [0.1, 0.15) is 5.82 Å². The summed E-state index contributed by atoms with van der Waals surface area (Å²) in [5.41, 5.74) is 1.06. The summed E-state index contributed by atoms with van der Waals surface area (Å²) in [6.07, 6.45) is 4.22. The third kappa shape index (κ3) is 4.79. The first-order chi connectivity index (χ1) is 11.8. The molecule has 3 rings (SSSR count). The summed E-state index contributed by atoms with van der Waals surface area (Å²) in [7, 11) is 0. The Bertz CT molecular complexity index is 639. The molecule has 24 heavy (non-hydrogen) atoms. The van der Waals surface area contributed by atoms with Crippen LogP contribution in [0, 0.1) is 0 Å². The van der Waals surface area contributed by atoms with E-state index in [1.807, 2.05) is 12.1 Å². The average Bonchev–Trinajstić information content (AvgIpc) is 3.14. The van der Waals surface area contributed by atoms with Crippen molar-refractivity contribution < 1.29 is 9.53 Å². The van der Waals surface area contributed by atoms with Crippen LogP contribution in [0.2, 0.25) is 0 Å². The second-order valence-electron chi connectivity index (χ2n) is 5.80. The summed E-state index contributed by atoms with van der Waals surface area (Å²) < 4.78 is 5.40. The van der Waals surface area contributed by atoms with E-state index in [2.05, 4.69) is 32.7 Å². The van der Waals surface area contributed by atoms with E-state index in [9.17, 15) is 4.79 Å². The maximum absolute atomic E-state index is 12.1. The number of carbonyl (C=O) groups is 1. The number of ether oxygens (including phenoxy) is 1. The molecule has 2 aromatic heterocycles. The number of morpholine rings is 1. The Kier molecular flexibility index (Phi) is 6.20. The van der Waals surface area contributed by atoms with Crippen LogP contribution in [0.15, 0.2) is 35.8 Å². The topological polar surface area (TPSA) is 54.5 Å². The number of hydrogen-bond acceptors (Lipinski definition) is 5. The molecular weight excluding hydrogens is 322 g/mol. The first-order valence-corrected chi connectivity index (χ1v) is 9.26. The van der Waals surface area contributed by atoms with E-state index in [1.54, 1.807) is 17.5 Å². The molecule has 1 amide bonds. The molecule has 128 valence electrons. The quantitative estimate of drug-likeness (QED) is 0.838. The molecule has 1 N–H and O–H groups in total. The molecule has 1 saturated heterocycles. The number of aromatic nitrogens is 1. The van der Waals surface area contributed by atoms with E-state index in [-0.39, 0.29) is 5.91 Å². The van der Waals surface area contributed by atoms with E-state index in [0.29, 0.717) is 13.0 Å². The molecule has 0 spiro atoms. The van der Waals surface area contributed by atoms with Crippen LogP contribution in [0.25, 0.3) is 0 Å². The minimum Gasteiger partial charge on any atom is -0.378 e. The number of nitrogens with one attached hydrogen (secondary N) is 1. The van der Waals surface area contributed by atoms with Crippen molar-refractivity contribution in [2.75, 3.05) is 31.2 Å². The fourth-order valence-electron chi connectivity index (χ4n) is 2.79. The first-order valence-electron chi connectivity index (χ1n) is 8.38. The molecular formula is C18H23N3O2S. The Morgan fingerprint density at radius 1 is 1.29 bits per heavy atom. The van der Waals surface area contributed by atoms with Gasteiger partial charge in [0, 0.05) is 42.7 Å². The molecule has 0 radical (unpaired) electrons. The molecule has 0 atom stereocenters. The zero-order chi connectivity index (χ0) is 16.6. The predicted octanol–water partition coefficient (Wildman–Crippen LogP) is 2.62. The Morgan fingerprint density at radius 2 is 2.17 bits per heavy atom. The summed E-state index contributed by atoms with van der Waals surface area (Å²) in [4.78, 5) is 20.1. The minimum absolute atomic E-state index is 0.100. The monoisotopic (exact) mass is 345 g/mol. The summed E-state index contributed by atoms with van der Waals surface area (Å²) in [6, 6.07) is 8.12. The first kappa shape index (κ1) is 16.9. The summed E-state index contributed by atoms with van der Waals surface area (Å²) in [6.45, 7) is 3.67. The van der Waals surface area contributed by atoms with E-state index in [1.165, 1.54) is 4.88 Å². The van der Waals surface area contributed by atoms with Crippen molar-refractivity contribution in [3.63, 3.8) is 0 Å². The van der Waals surface area contributed by atoms with Crippen molar-refractivity contribution in [3.05, 3.63) is 46.3 Å². The molecule has 6 heteroatoms. The van der Waals surface area contributed by atoms with Crippen LogP contribution in [0.1, 0.15) is 23.3 Å². The minimum atomic E-state index is 0.100.